The van der Waals surface area contributed by atoms with Crippen LogP contribution < -0.4 is 10.1 Å². The van der Waals surface area contributed by atoms with Crippen LogP contribution in [0.3, 0.4) is 0 Å². The molecule has 1 N–H and O–H groups in total. The van der Waals surface area contributed by atoms with Gasteiger partial charge in [-0.05, 0) is 19.9 Å². The number of amides is 2. The van der Waals surface area contributed by atoms with E-state index in [-0.39, 0.29) is 24.4 Å². The first-order valence-electron chi connectivity index (χ1n) is 9.59. The molecule has 2 amide bonds. The second-order valence-electron chi connectivity index (χ2n) is 7.26. The molecule has 0 bridgehead atoms. The van der Waals surface area contributed by atoms with Gasteiger partial charge in [-0.25, -0.2) is 9.97 Å². The SMILES string of the molecule is CNC(=O)Cn1cc(-n2ccnc2-c2cc3c(nc2OC)CN(C(C)C)C3=O)cn1. The highest BCUT2D eigenvalue weighted by molar-refractivity contribution is 5.99. The molecule has 156 valence electrons. The zero-order chi connectivity index (χ0) is 21.4. The minimum absolute atomic E-state index is 0.0482. The molecule has 1 aliphatic rings. The van der Waals surface area contributed by atoms with Crippen molar-refractivity contribution >= 4 is 11.8 Å². The molecule has 10 nitrogen and oxygen atoms in total. The summed E-state index contributed by atoms with van der Waals surface area (Å²) in [6, 6.07) is 1.87. The number of rotatable bonds is 6. The smallest absolute Gasteiger partial charge is 0.256 e. The van der Waals surface area contributed by atoms with Gasteiger partial charge in [0.05, 0.1) is 42.4 Å². The average Bonchev–Trinajstić information content (AvgIpc) is 3.45. The van der Waals surface area contributed by atoms with E-state index in [2.05, 4.69) is 20.4 Å². The molecular weight excluding hydrogens is 386 g/mol. The summed E-state index contributed by atoms with van der Waals surface area (Å²) in [5.74, 6) is 0.774. The molecule has 0 saturated carbocycles. The van der Waals surface area contributed by atoms with Crippen LogP contribution in [0, 0.1) is 0 Å². The second-order valence-corrected chi connectivity index (χ2v) is 7.26. The average molecular weight is 409 g/mol. The maximum Gasteiger partial charge on any atom is 0.256 e. The number of carbonyl (C=O) groups excluding carboxylic acids is 2. The van der Waals surface area contributed by atoms with E-state index in [0.29, 0.717) is 35.1 Å². The molecule has 1 aliphatic heterocycles. The molecule has 30 heavy (non-hydrogen) atoms. The van der Waals surface area contributed by atoms with Crippen LogP contribution in [0.25, 0.3) is 17.1 Å². The highest BCUT2D eigenvalue weighted by atomic mass is 16.5. The van der Waals surface area contributed by atoms with Gasteiger partial charge in [0.15, 0.2) is 0 Å². The van der Waals surface area contributed by atoms with Crippen LogP contribution in [0.1, 0.15) is 29.9 Å². The molecule has 4 rings (SSSR count). The second kappa shape index (κ2) is 7.62. The lowest BCUT2D eigenvalue weighted by molar-refractivity contribution is -0.121. The zero-order valence-corrected chi connectivity index (χ0v) is 17.3. The van der Waals surface area contributed by atoms with E-state index in [9.17, 15) is 9.59 Å². The highest BCUT2D eigenvalue weighted by Gasteiger charge is 2.32. The first kappa shape index (κ1) is 19.6. The zero-order valence-electron chi connectivity index (χ0n) is 17.3. The number of likely N-dealkylation sites (N-methyl/N-ethyl adjacent to an activating group) is 1. The summed E-state index contributed by atoms with van der Waals surface area (Å²) < 4.78 is 8.88. The monoisotopic (exact) mass is 409 g/mol. The lowest BCUT2D eigenvalue weighted by atomic mass is 10.1. The molecule has 0 atom stereocenters. The fourth-order valence-corrected chi connectivity index (χ4v) is 3.46. The van der Waals surface area contributed by atoms with Crippen LogP contribution in [0.5, 0.6) is 5.88 Å². The van der Waals surface area contributed by atoms with Gasteiger partial charge in [-0.1, -0.05) is 0 Å². The van der Waals surface area contributed by atoms with Gasteiger partial charge in [0.1, 0.15) is 12.4 Å². The molecular formula is C20H23N7O3. The number of methoxy groups -OCH3 is 1. The van der Waals surface area contributed by atoms with Crippen molar-refractivity contribution in [2.24, 2.45) is 0 Å². The molecule has 3 aromatic rings. The number of nitrogens with one attached hydrogen (secondary N) is 1. The summed E-state index contributed by atoms with van der Waals surface area (Å²) >= 11 is 0. The van der Waals surface area contributed by atoms with Crippen molar-refractivity contribution in [3.8, 4) is 23.0 Å². The molecule has 10 heteroatoms. The Bertz CT molecular complexity index is 1120. The molecule has 4 heterocycles. The van der Waals surface area contributed by atoms with E-state index >= 15 is 0 Å². The van der Waals surface area contributed by atoms with E-state index in [1.807, 2.05) is 18.4 Å². The summed E-state index contributed by atoms with van der Waals surface area (Å²) in [4.78, 5) is 35.3. The van der Waals surface area contributed by atoms with Gasteiger partial charge in [0.25, 0.3) is 5.91 Å². The maximum absolute atomic E-state index is 12.8. The minimum Gasteiger partial charge on any atom is -0.480 e. The first-order chi connectivity index (χ1) is 14.4. The summed E-state index contributed by atoms with van der Waals surface area (Å²) in [7, 11) is 3.12. The summed E-state index contributed by atoms with van der Waals surface area (Å²) in [5, 5.41) is 6.81. The Hall–Kier alpha value is -3.69. The van der Waals surface area contributed by atoms with Gasteiger partial charge < -0.3 is 15.0 Å². The quantitative estimate of drug-likeness (QED) is 0.657. The summed E-state index contributed by atoms with van der Waals surface area (Å²) in [5.41, 5.74) is 2.60. The Morgan fingerprint density at radius 1 is 1.33 bits per heavy atom. The van der Waals surface area contributed by atoms with Crippen molar-refractivity contribution in [2.75, 3.05) is 14.2 Å². The van der Waals surface area contributed by atoms with Gasteiger partial charge in [-0.2, -0.15) is 5.10 Å². The Balaban J connectivity index is 1.74. The maximum atomic E-state index is 12.8. The predicted octanol–water partition coefficient (Wildman–Crippen LogP) is 1.25. The molecule has 0 unspecified atom stereocenters. The van der Waals surface area contributed by atoms with Crippen LogP contribution >= 0.6 is 0 Å². The van der Waals surface area contributed by atoms with E-state index in [1.165, 1.54) is 0 Å². The minimum atomic E-state index is -0.145. The van der Waals surface area contributed by atoms with E-state index in [1.54, 1.807) is 54.6 Å². The van der Waals surface area contributed by atoms with Crippen molar-refractivity contribution in [3.63, 3.8) is 0 Å². The number of carbonyl (C=O) groups is 2. The van der Waals surface area contributed by atoms with Crippen LogP contribution in [0.4, 0.5) is 0 Å². The number of fused-ring (bicyclic) bond motifs is 1. The molecule has 0 fully saturated rings. The Morgan fingerprint density at radius 3 is 2.83 bits per heavy atom. The van der Waals surface area contributed by atoms with Crippen LogP contribution in [0.2, 0.25) is 0 Å². The third-order valence-corrected chi connectivity index (χ3v) is 5.06. The normalized spacial score (nSPS) is 13.1. The van der Waals surface area contributed by atoms with Crippen molar-refractivity contribution in [1.82, 2.24) is 34.5 Å². The number of nitrogens with zero attached hydrogens (tertiary/aromatic N) is 6. The van der Waals surface area contributed by atoms with Crippen LogP contribution in [-0.4, -0.2) is 61.2 Å². The van der Waals surface area contributed by atoms with Crippen molar-refractivity contribution in [3.05, 3.63) is 42.1 Å². The van der Waals surface area contributed by atoms with Gasteiger partial charge >= 0.3 is 0 Å². The Labute approximate surface area is 173 Å². The van der Waals surface area contributed by atoms with Gasteiger partial charge in [0.2, 0.25) is 11.8 Å². The topological polar surface area (TPSA) is 107 Å². The van der Waals surface area contributed by atoms with Crippen LogP contribution in [0.15, 0.2) is 30.9 Å². The largest absolute Gasteiger partial charge is 0.480 e. The number of imidazole rings is 1. The molecule has 3 aromatic heterocycles. The van der Waals surface area contributed by atoms with Crippen molar-refractivity contribution in [1.29, 1.82) is 0 Å². The fraction of sp³-hybridized carbons (Fsp3) is 0.350. The number of hydrogen-bond acceptors (Lipinski definition) is 6. The van der Waals surface area contributed by atoms with E-state index in [0.717, 1.165) is 5.69 Å². The lowest BCUT2D eigenvalue weighted by Crippen LogP contribution is -2.30. The predicted molar refractivity (Wildman–Crippen MR) is 108 cm³/mol. The lowest BCUT2D eigenvalue weighted by Gasteiger charge is -2.19. The summed E-state index contributed by atoms with van der Waals surface area (Å²) in [6.45, 7) is 4.53. The number of hydrogen-bond donors (Lipinski definition) is 1. The first-order valence-corrected chi connectivity index (χ1v) is 9.59. The molecule has 0 radical (unpaired) electrons. The fourth-order valence-electron chi connectivity index (χ4n) is 3.46. The highest BCUT2D eigenvalue weighted by Crippen LogP contribution is 2.34. The van der Waals surface area contributed by atoms with Crippen molar-refractivity contribution in [2.45, 2.75) is 33.0 Å². The summed E-state index contributed by atoms with van der Waals surface area (Å²) in [6.07, 6.45) is 6.83. The third-order valence-electron chi connectivity index (χ3n) is 5.06. The number of ether oxygens (including phenoxy) is 1. The Kier molecular flexibility index (Phi) is 4.98. The van der Waals surface area contributed by atoms with Gasteiger partial charge in [-0.15, -0.1) is 0 Å². The van der Waals surface area contributed by atoms with Crippen molar-refractivity contribution < 1.29 is 14.3 Å². The van der Waals surface area contributed by atoms with E-state index in [4.69, 9.17) is 4.74 Å². The molecule has 0 spiro atoms. The number of aromatic nitrogens is 5. The van der Waals surface area contributed by atoms with E-state index < -0.39 is 0 Å². The molecule has 0 saturated heterocycles. The van der Waals surface area contributed by atoms with Crippen LogP contribution in [-0.2, 0) is 17.9 Å². The molecule has 0 aromatic carbocycles. The Morgan fingerprint density at radius 2 is 2.13 bits per heavy atom. The number of pyridine rings is 1. The van der Waals surface area contributed by atoms with Gasteiger partial charge in [-0.3, -0.25) is 18.8 Å². The standard InChI is InChI=1S/C20H23N7O3/c1-12(2)27-10-16-14(20(27)29)7-15(19(24-16)30-4)18-22-5-6-26(18)13-8-23-25(9-13)11-17(28)21-3/h5-9,12H,10-11H2,1-4H3,(H,21,28). The van der Waals surface area contributed by atoms with Gasteiger partial charge in [0, 0.05) is 31.7 Å². The third kappa shape index (κ3) is 3.30. The molecule has 0 aliphatic carbocycles.